The van der Waals surface area contributed by atoms with Crippen molar-refractivity contribution in [2.24, 2.45) is 23.7 Å². The maximum atomic E-state index is 13.5. The fourth-order valence-corrected chi connectivity index (χ4v) is 5.20. The summed E-state index contributed by atoms with van der Waals surface area (Å²) < 4.78 is 0. The summed E-state index contributed by atoms with van der Waals surface area (Å²) in [4.78, 5) is 76.3. The minimum atomic E-state index is -1.39. The lowest BCUT2D eigenvalue weighted by Crippen LogP contribution is -2.59. The number of rotatable bonds is 21. The number of hydrogen-bond acceptors (Lipinski definition) is 8. The van der Waals surface area contributed by atoms with Crippen LogP contribution in [-0.4, -0.2) is 93.2 Å². The molecule has 14 heteroatoms. The summed E-state index contributed by atoms with van der Waals surface area (Å²) >= 11 is 0. The molecule has 5 amide bonds. The first kappa shape index (κ1) is 44.0. The van der Waals surface area contributed by atoms with Crippen LogP contribution in [0.15, 0.2) is 30.3 Å². The van der Waals surface area contributed by atoms with Crippen molar-refractivity contribution in [1.82, 2.24) is 26.6 Å². The van der Waals surface area contributed by atoms with Crippen LogP contribution in [0.4, 0.5) is 0 Å². The highest BCUT2D eigenvalue weighted by atomic mass is 16.4. The molecule has 0 unspecified atom stereocenters. The van der Waals surface area contributed by atoms with Crippen molar-refractivity contribution in [3.05, 3.63) is 35.9 Å². The zero-order chi connectivity index (χ0) is 38.3. The molecule has 0 aliphatic carbocycles. The molecule has 1 aromatic carbocycles. The Morgan fingerprint density at radius 3 is 1.56 bits per heavy atom. The third kappa shape index (κ3) is 15.7. The van der Waals surface area contributed by atoms with Crippen molar-refractivity contribution < 1.29 is 44.1 Å². The fourth-order valence-electron chi connectivity index (χ4n) is 5.20. The number of aliphatic hydroxyl groups is 2. The molecule has 0 fully saturated rings. The lowest BCUT2D eigenvalue weighted by molar-refractivity contribution is -0.140. The van der Waals surface area contributed by atoms with Gasteiger partial charge < -0.3 is 41.9 Å². The molecule has 282 valence electrons. The summed E-state index contributed by atoms with van der Waals surface area (Å²) in [6.07, 6.45) is -3.34. The Bertz CT molecular complexity index is 1270. The van der Waals surface area contributed by atoms with Gasteiger partial charge >= 0.3 is 5.97 Å². The average Bonchev–Trinajstić information content (AvgIpc) is 3.00. The zero-order valence-electron chi connectivity index (χ0n) is 30.9. The minimum absolute atomic E-state index is 0.00477. The molecule has 0 aliphatic rings. The first-order valence-corrected chi connectivity index (χ1v) is 17.4. The van der Waals surface area contributed by atoms with Crippen LogP contribution < -0.4 is 26.6 Å². The van der Waals surface area contributed by atoms with Crippen LogP contribution in [-0.2, 0) is 35.2 Å². The van der Waals surface area contributed by atoms with Gasteiger partial charge in [-0.3, -0.25) is 28.8 Å². The monoisotopic (exact) mass is 705 g/mol. The summed E-state index contributed by atoms with van der Waals surface area (Å²) in [5.41, 5.74) is 0.761. The Labute approximate surface area is 295 Å². The Morgan fingerprint density at radius 2 is 1.08 bits per heavy atom. The van der Waals surface area contributed by atoms with Crippen molar-refractivity contribution in [2.45, 2.75) is 130 Å². The summed E-state index contributed by atoms with van der Waals surface area (Å²) in [6, 6.07) is 4.11. The first-order chi connectivity index (χ1) is 23.2. The minimum Gasteiger partial charge on any atom is -0.481 e. The van der Waals surface area contributed by atoms with E-state index in [9.17, 15) is 39.0 Å². The standard InChI is InChI=1S/C36H59N5O9/c1-19(2)15-25(39-35(49)31(20(3)4)41-36(50)32(21(5)6)40-33(47)22(7)8)27(42)17-29(44)37-23(9)34(48)38-26(28(43)18-30(45)46)16-24-13-11-10-12-14-24/h10-14,19-23,25-28,31-32,42-43H,15-18H2,1-9H3,(H,37,44)(H,38,48)(H,39,49)(H,40,47)(H,41,50)(H,45,46)/t23-,25-,26-,27-,28-,31-,32-/m1/s1. The predicted molar refractivity (Wildman–Crippen MR) is 188 cm³/mol. The summed E-state index contributed by atoms with van der Waals surface area (Å²) in [5.74, 6) is -4.89. The average molecular weight is 706 g/mol. The molecule has 50 heavy (non-hydrogen) atoms. The number of benzene rings is 1. The summed E-state index contributed by atoms with van der Waals surface area (Å²) in [7, 11) is 0. The topological polar surface area (TPSA) is 223 Å². The smallest absolute Gasteiger partial charge is 0.306 e. The van der Waals surface area contributed by atoms with Gasteiger partial charge in [0.15, 0.2) is 0 Å². The van der Waals surface area contributed by atoms with Crippen molar-refractivity contribution in [3.8, 4) is 0 Å². The van der Waals surface area contributed by atoms with Gasteiger partial charge in [0, 0.05) is 5.92 Å². The van der Waals surface area contributed by atoms with E-state index in [0.29, 0.717) is 6.42 Å². The molecule has 0 saturated carbocycles. The fraction of sp³-hybridized carbons (Fsp3) is 0.667. The molecule has 14 nitrogen and oxygen atoms in total. The molecule has 0 bridgehead atoms. The van der Waals surface area contributed by atoms with Gasteiger partial charge in [-0.15, -0.1) is 0 Å². The second kappa shape index (κ2) is 21.2. The number of hydrogen-bond donors (Lipinski definition) is 8. The van der Waals surface area contributed by atoms with E-state index in [1.165, 1.54) is 6.92 Å². The predicted octanol–water partition coefficient (Wildman–Crippen LogP) is 1.27. The van der Waals surface area contributed by atoms with Crippen LogP contribution in [0.2, 0.25) is 0 Å². The molecule has 0 radical (unpaired) electrons. The number of amides is 5. The van der Waals surface area contributed by atoms with E-state index in [2.05, 4.69) is 26.6 Å². The Balaban J connectivity index is 2.98. The van der Waals surface area contributed by atoms with E-state index >= 15 is 0 Å². The molecule has 7 atom stereocenters. The number of aliphatic hydroxyl groups excluding tert-OH is 2. The van der Waals surface area contributed by atoms with Gasteiger partial charge in [0.2, 0.25) is 29.5 Å². The highest BCUT2D eigenvalue weighted by Crippen LogP contribution is 2.14. The molecule has 0 heterocycles. The van der Waals surface area contributed by atoms with Gasteiger partial charge in [-0.05, 0) is 43.1 Å². The molecule has 0 aromatic heterocycles. The number of carbonyl (C=O) groups excluding carboxylic acids is 5. The van der Waals surface area contributed by atoms with Gasteiger partial charge in [-0.1, -0.05) is 85.7 Å². The molecular formula is C36H59N5O9. The van der Waals surface area contributed by atoms with E-state index in [0.717, 1.165) is 5.56 Å². The maximum Gasteiger partial charge on any atom is 0.306 e. The van der Waals surface area contributed by atoms with Crippen molar-refractivity contribution in [1.29, 1.82) is 0 Å². The number of carboxylic acids is 1. The SMILES string of the molecule is CC(C)C[C@@H](NC(=O)[C@H](NC(=O)[C@H](NC(=O)C(C)C)C(C)C)C(C)C)[C@H](O)CC(=O)N[C@H](C)C(=O)N[C@H](Cc1ccccc1)[C@H](O)CC(=O)O. The molecule has 8 N–H and O–H groups in total. The lowest BCUT2D eigenvalue weighted by Gasteiger charge is -2.31. The van der Waals surface area contributed by atoms with Gasteiger partial charge in [0.25, 0.3) is 0 Å². The van der Waals surface area contributed by atoms with Crippen molar-refractivity contribution >= 4 is 35.5 Å². The van der Waals surface area contributed by atoms with Gasteiger partial charge in [0.05, 0.1) is 37.1 Å². The molecule has 0 aliphatic heterocycles. The number of carbonyl (C=O) groups is 6. The van der Waals surface area contributed by atoms with E-state index in [-0.39, 0.29) is 36.0 Å². The summed E-state index contributed by atoms with van der Waals surface area (Å²) in [5, 5.41) is 44.2. The van der Waals surface area contributed by atoms with Crippen LogP contribution in [0.5, 0.6) is 0 Å². The third-order valence-corrected chi connectivity index (χ3v) is 8.18. The molecular weight excluding hydrogens is 646 g/mol. The second-order valence-corrected chi connectivity index (χ2v) is 14.4. The molecule has 0 spiro atoms. The van der Waals surface area contributed by atoms with Crippen LogP contribution in [0.3, 0.4) is 0 Å². The van der Waals surface area contributed by atoms with E-state index in [1.54, 1.807) is 71.9 Å². The van der Waals surface area contributed by atoms with E-state index in [1.807, 2.05) is 13.8 Å². The van der Waals surface area contributed by atoms with Crippen LogP contribution in [0.1, 0.15) is 87.1 Å². The largest absolute Gasteiger partial charge is 0.481 e. The van der Waals surface area contributed by atoms with E-state index in [4.69, 9.17) is 5.11 Å². The van der Waals surface area contributed by atoms with Crippen LogP contribution in [0.25, 0.3) is 0 Å². The normalized spacial score (nSPS) is 15.7. The highest BCUT2D eigenvalue weighted by molar-refractivity contribution is 5.93. The van der Waals surface area contributed by atoms with Crippen LogP contribution >= 0.6 is 0 Å². The lowest BCUT2D eigenvalue weighted by atomic mass is 9.95. The van der Waals surface area contributed by atoms with Crippen LogP contribution in [0, 0.1) is 23.7 Å². The van der Waals surface area contributed by atoms with Crippen molar-refractivity contribution in [2.75, 3.05) is 0 Å². The number of nitrogens with one attached hydrogen (secondary N) is 5. The number of carboxylic acid groups (broad SMARTS) is 1. The second-order valence-electron chi connectivity index (χ2n) is 14.4. The Kier molecular flexibility index (Phi) is 18.7. The van der Waals surface area contributed by atoms with E-state index < -0.39 is 84.9 Å². The Morgan fingerprint density at radius 1 is 0.600 bits per heavy atom. The molecule has 1 rings (SSSR count). The van der Waals surface area contributed by atoms with Gasteiger partial charge in [-0.25, -0.2) is 0 Å². The highest BCUT2D eigenvalue weighted by Gasteiger charge is 2.34. The van der Waals surface area contributed by atoms with Crippen molar-refractivity contribution in [3.63, 3.8) is 0 Å². The molecule has 0 saturated heterocycles. The zero-order valence-corrected chi connectivity index (χ0v) is 30.9. The Hall–Kier alpha value is -4.04. The van der Waals surface area contributed by atoms with Gasteiger partial charge in [-0.2, -0.15) is 0 Å². The first-order valence-electron chi connectivity index (χ1n) is 17.4. The van der Waals surface area contributed by atoms with Gasteiger partial charge in [0.1, 0.15) is 18.1 Å². The quantitative estimate of drug-likeness (QED) is 0.0921. The summed E-state index contributed by atoms with van der Waals surface area (Å²) in [6.45, 7) is 15.7. The number of aliphatic carboxylic acids is 1. The molecule has 1 aromatic rings. The third-order valence-electron chi connectivity index (χ3n) is 8.18. The maximum absolute atomic E-state index is 13.5.